The molecule has 2 aromatic rings. The van der Waals surface area contributed by atoms with Crippen LogP contribution in [0, 0.1) is 12.7 Å². The van der Waals surface area contributed by atoms with E-state index in [1.165, 1.54) is 31.2 Å². The molecule has 0 saturated heterocycles. The van der Waals surface area contributed by atoms with E-state index in [0.717, 1.165) is 0 Å². The maximum absolute atomic E-state index is 13.0. The van der Waals surface area contributed by atoms with Crippen molar-refractivity contribution in [2.24, 2.45) is 0 Å². The molecule has 1 aromatic carbocycles. The lowest BCUT2D eigenvalue weighted by atomic mass is 10.0. The Morgan fingerprint density at radius 2 is 2.11 bits per heavy atom. The number of hydrogen-bond donors (Lipinski definition) is 1. The molecule has 0 atom stereocenters. The lowest BCUT2D eigenvalue weighted by Crippen LogP contribution is -2.16. The van der Waals surface area contributed by atoms with Gasteiger partial charge in [0, 0.05) is 12.5 Å². The Balaban J connectivity index is 2.33. The zero-order valence-electron chi connectivity index (χ0n) is 10.1. The Morgan fingerprint density at radius 1 is 1.37 bits per heavy atom. The molecule has 0 aliphatic carbocycles. The number of hydrogen-bond acceptors (Lipinski definition) is 4. The molecule has 5 heteroatoms. The monoisotopic (exact) mass is 262 g/mol. The van der Waals surface area contributed by atoms with Crippen LogP contribution in [0.2, 0.25) is 0 Å². The van der Waals surface area contributed by atoms with Crippen LogP contribution in [0.5, 0.6) is 5.75 Å². The van der Waals surface area contributed by atoms with Crippen LogP contribution in [0.4, 0.5) is 4.39 Å². The van der Waals surface area contributed by atoms with Gasteiger partial charge >= 0.3 is 5.63 Å². The Morgan fingerprint density at radius 3 is 2.74 bits per heavy atom. The number of carbonyl (C=O) groups is 1. The number of carbonyl (C=O) groups excluding carboxylic acids is 1. The van der Waals surface area contributed by atoms with Gasteiger partial charge in [0.25, 0.3) is 0 Å². The van der Waals surface area contributed by atoms with Gasteiger partial charge in [-0.25, -0.2) is 9.18 Å². The van der Waals surface area contributed by atoms with Crippen LogP contribution in [0.1, 0.15) is 21.7 Å². The number of halogens is 1. The fraction of sp³-hybridized carbons (Fsp3) is 0.143. The van der Waals surface area contributed by atoms with Gasteiger partial charge in [-0.15, -0.1) is 0 Å². The summed E-state index contributed by atoms with van der Waals surface area (Å²) in [5.74, 6) is -1.29. The molecule has 1 aromatic heterocycles. The molecule has 4 nitrogen and oxygen atoms in total. The van der Waals surface area contributed by atoms with Crippen LogP contribution in [0.3, 0.4) is 0 Å². The third-order valence-corrected chi connectivity index (χ3v) is 2.59. The molecule has 0 aliphatic heterocycles. The van der Waals surface area contributed by atoms with Crippen molar-refractivity contribution >= 4 is 5.78 Å². The Hall–Kier alpha value is -2.43. The van der Waals surface area contributed by atoms with Gasteiger partial charge in [0.15, 0.2) is 5.78 Å². The number of rotatable bonds is 3. The first-order chi connectivity index (χ1) is 8.97. The summed E-state index contributed by atoms with van der Waals surface area (Å²) < 4.78 is 17.8. The third-order valence-electron chi connectivity index (χ3n) is 2.59. The molecule has 0 unspecified atom stereocenters. The number of ketones is 1. The number of aryl methyl sites for hydroxylation is 1. The minimum Gasteiger partial charge on any atom is -0.507 e. The van der Waals surface area contributed by atoms with Crippen LogP contribution >= 0.6 is 0 Å². The lowest BCUT2D eigenvalue weighted by Gasteiger charge is -2.03. The van der Waals surface area contributed by atoms with Crippen LogP contribution in [-0.4, -0.2) is 10.9 Å². The summed E-state index contributed by atoms with van der Waals surface area (Å²) in [6.45, 7) is 1.49. The van der Waals surface area contributed by atoms with Crippen LogP contribution in [0.15, 0.2) is 39.5 Å². The SMILES string of the molecule is Cc1cc(O)c(C(=O)Cc2cccc(F)c2)c(=O)o1. The first kappa shape index (κ1) is 13.0. The number of Topliss-reactive ketones (excluding diaryl/α,β-unsaturated/α-hetero) is 1. The predicted octanol–water partition coefficient (Wildman–Crippen LogP) is 2.22. The molecule has 0 amide bonds. The molecule has 0 radical (unpaired) electrons. The van der Waals surface area contributed by atoms with Crippen molar-refractivity contribution in [3.8, 4) is 5.75 Å². The van der Waals surface area contributed by atoms with Gasteiger partial charge in [0.1, 0.15) is 22.9 Å². The molecule has 1 N–H and O–H groups in total. The van der Waals surface area contributed by atoms with Gasteiger partial charge in [-0.1, -0.05) is 12.1 Å². The quantitative estimate of drug-likeness (QED) is 0.861. The highest BCUT2D eigenvalue weighted by Crippen LogP contribution is 2.17. The maximum atomic E-state index is 13.0. The van der Waals surface area contributed by atoms with E-state index in [1.54, 1.807) is 6.07 Å². The van der Waals surface area contributed by atoms with Gasteiger partial charge in [0.2, 0.25) is 0 Å². The molecule has 0 bridgehead atoms. The second kappa shape index (κ2) is 5.06. The predicted molar refractivity (Wildman–Crippen MR) is 65.8 cm³/mol. The third kappa shape index (κ3) is 2.88. The molecule has 0 saturated carbocycles. The highest BCUT2D eigenvalue weighted by atomic mass is 19.1. The summed E-state index contributed by atoms with van der Waals surface area (Å²) in [6, 6.07) is 6.68. The molecule has 0 fully saturated rings. The number of aromatic hydroxyl groups is 1. The zero-order chi connectivity index (χ0) is 14.0. The van der Waals surface area contributed by atoms with Crippen molar-refractivity contribution in [1.29, 1.82) is 0 Å². The van der Waals surface area contributed by atoms with Crippen molar-refractivity contribution in [2.75, 3.05) is 0 Å². The highest BCUT2D eigenvalue weighted by Gasteiger charge is 2.18. The smallest absolute Gasteiger partial charge is 0.350 e. The van der Waals surface area contributed by atoms with Gasteiger partial charge in [-0.2, -0.15) is 0 Å². The molecule has 1 heterocycles. The minimum atomic E-state index is -0.890. The Labute approximate surface area is 108 Å². The van der Waals surface area contributed by atoms with Crippen molar-refractivity contribution < 1.29 is 18.7 Å². The fourth-order valence-electron chi connectivity index (χ4n) is 1.77. The van der Waals surface area contributed by atoms with Crippen LogP contribution in [-0.2, 0) is 6.42 Å². The topological polar surface area (TPSA) is 67.5 Å². The van der Waals surface area contributed by atoms with Gasteiger partial charge in [-0.05, 0) is 24.6 Å². The second-order valence-corrected chi connectivity index (χ2v) is 4.13. The summed E-state index contributed by atoms with van der Waals surface area (Å²) in [5.41, 5.74) is -0.877. The normalized spacial score (nSPS) is 10.4. The first-order valence-electron chi connectivity index (χ1n) is 5.58. The highest BCUT2D eigenvalue weighted by molar-refractivity contribution is 5.99. The second-order valence-electron chi connectivity index (χ2n) is 4.13. The summed E-state index contributed by atoms with van der Waals surface area (Å²) in [7, 11) is 0. The van der Waals surface area contributed by atoms with Gasteiger partial charge < -0.3 is 9.52 Å². The summed E-state index contributed by atoms with van der Waals surface area (Å²) >= 11 is 0. The summed E-state index contributed by atoms with van der Waals surface area (Å²) in [6.07, 6.45) is -0.181. The minimum absolute atomic E-state index is 0.181. The molecular weight excluding hydrogens is 251 g/mol. The molecule has 0 aliphatic rings. The Kier molecular flexibility index (Phi) is 3.46. The van der Waals surface area contributed by atoms with Crippen molar-refractivity contribution in [3.05, 3.63) is 63.5 Å². The fourth-order valence-corrected chi connectivity index (χ4v) is 1.77. The lowest BCUT2D eigenvalue weighted by molar-refractivity contribution is 0.0986. The summed E-state index contributed by atoms with van der Waals surface area (Å²) in [4.78, 5) is 23.5. The summed E-state index contributed by atoms with van der Waals surface area (Å²) in [5, 5.41) is 9.62. The van der Waals surface area contributed by atoms with Crippen molar-refractivity contribution in [1.82, 2.24) is 0 Å². The molecule has 2 rings (SSSR count). The van der Waals surface area contributed by atoms with Gasteiger partial charge in [-0.3, -0.25) is 4.79 Å². The molecule has 98 valence electrons. The van der Waals surface area contributed by atoms with E-state index < -0.39 is 28.5 Å². The molecule has 0 spiro atoms. The van der Waals surface area contributed by atoms with E-state index >= 15 is 0 Å². The average Bonchev–Trinajstić information content (AvgIpc) is 2.27. The number of benzene rings is 1. The maximum Gasteiger partial charge on any atom is 0.350 e. The molecular formula is C14H11FO4. The zero-order valence-corrected chi connectivity index (χ0v) is 10.1. The Bertz CT molecular complexity index is 688. The van der Waals surface area contributed by atoms with Crippen molar-refractivity contribution in [3.63, 3.8) is 0 Å². The van der Waals surface area contributed by atoms with Crippen molar-refractivity contribution in [2.45, 2.75) is 13.3 Å². The van der Waals surface area contributed by atoms with E-state index in [1.807, 2.05) is 0 Å². The standard InChI is InChI=1S/C14H11FO4/c1-8-5-11(16)13(14(18)19-8)12(17)7-9-3-2-4-10(15)6-9/h2-6,16H,7H2,1H3. The first-order valence-corrected chi connectivity index (χ1v) is 5.58. The van der Waals surface area contributed by atoms with E-state index in [0.29, 0.717) is 5.56 Å². The van der Waals surface area contributed by atoms with E-state index in [-0.39, 0.29) is 12.2 Å². The largest absolute Gasteiger partial charge is 0.507 e. The van der Waals surface area contributed by atoms with E-state index in [4.69, 9.17) is 4.42 Å². The average molecular weight is 262 g/mol. The van der Waals surface area contributed by atoms with Crippen LogP contribution in [0.25, 0.3) is 0 Å². The van der Waals surface area contributed by atoms with Crippen LogP contribution < -0.4 is 5.63 Å². The van der Waals surface area contributed by atoms with E-state index in [2.05, 4.69) is 0 Å². The van der Waals surface area contributed by atoms with E-state index in [9.17, 15) is 19.1 Å². The van der Waals surface area contributed by atoms with Gasteiger partial charge in [0.05, 0.1) is 0 Å². The molecule has 19 heavy (non-hydrogen) atoms.